The number of aryl methyl sites for hydroxylation is 1. The highest BCUT2D eigenvalue weighted by molar-refractivity contribution is 9.10. The molecule has 0 saturated carbocycles. The van der Waals surface area contributed by atoms with Crippen LogP contribution in [0.5, 0.6) is 5.75 Å². The van der Waals surface area contributed by atoms with Crippen molar-refractivity contribution in [2.24, 2.45) is 0 Å². The number of carbonyl (C=O) groups is 2. The number of aliphatic hydroxyl groups excluding tert-OH is 1. The molecule has 0 bridgehead atoms. The number of anilines is 1. The van der Waals surface area contributed by atoms with Gasteiger partial charge in [-0.15, -0.1) is 0 Å². The maximum absolute atomic E-state index is 13.1. The van der Waals surface area contributed by atoms with E-state index in [0.29, 0.717) is 27.0 Å². The number of rotatable bonds is 4. The first-order chi connectivity index (χ1) is 14.9. The molecule has 1 unspecified atom stereocenters. The predicted octanol–water partition coefficient (Wildman–Crippen LogP) is 4.79. The van der Waals surface area contributed by atoms with Gasteiger partial charge in [-0.3, -0.25) is 19.5 Å². The number of ether oxygens (including phenoxy) is 1. The summed E-state index contributed by atoms with van der Waals surface area (Å²) in [5.74, 6) is -1.10. The Labute approximate surface area is 187 Å². The van der Waals surface area contributed by atoms with Crippen LogP contribution in [0.15, 0.2) is 77.0 Å². The number of para-hydroxylation sites is 1. The number of benzene rings is 2. The SMILES string of the molecule is COc1ccc(/C(O)=C2/C(=O)C(=O)N(c3ccccc3C)C2c2ccncc2)cc1Br. The number of halogens is 1. The van der Waals surface area contributed by atoms with Crippen molar-refractivity contribution in [3.63, 3.8) is 0 Å². The van der Waals surface area contributed by atoms with Gasteiger partial charge in [0, 0.05) is 23.6 Å². The van der Waals surface area contributed by atoms with Gasteiger partial charge < -0.3 is 9.84 Å². The second kappa shape index (κ2) is 8.35. The van der Waals surface area contributed by atoms with Gasteiger partial charge in [-0.25, -0.2) is 0 Å². The van der Waals surface area contributed by atoms with Crippen molar-refractivity contribution in [2.45, 2.75) is 13.0 Å². The van der Waals surface area contributed by atoms with E-state index in [-0.39, 0.29) is 11.3 Å². The number of pyridine rings is 1. The molecule has 1 aliphatic rings. The second-order valence-corrected chi connectivity index (χ2v) is 7.94. The van der Waals surface area contributed by atoms with E-state index >= 15 is 0 Å². The minimum atomic E-state index is -0.787. The molecule has 1 saturated heterocycles. The molecule has 1 atom stereocenters. The van der Waals surface area contributed by atoms with Gasteiger partial charge >= 0.3 is 0 Å². The number of hydrogen-bond donors (Lipinski definition) is 1. The molecule has 0 spiro atoms. The van der Waals surface area contributed by atoms with Crippen molar-refractivity contribution >= 4 is 39.1 Å². The minimum Gasteiger partial charge on any atom is -0.507 e. The monoisotopic (exact) mass is 478 g/mol. The van der Waals surface area contributed by atoms with Crippen LogP contribution in [-0.4, -0.2) is 28.9 Å². The van der Waals surface area contributed by atoms with Crippen LogP contribution in [-0.2, 0) is 9.59 Å². The van der Waals surface area contributed by atoms with Gasteiger partial charge in [0.15, 0.2) is 0 Å². The Morgan fingerprint density at radius 3 is 2.45 bits per heavy atom. The van der Waals surface area contributed by atoms with Crippen LogP contribution in [0.2, 0.25) is 0 Å². The highest BCUT2D eigenvalue weighted by Crippen LogP contribution is 2.43. The highest BCUT2D eigenvalue weighted by atomic mass is 79.9. The van der Waals surface area contributed by atoms with Crippen LogP contribution in [0.25, 0.3) is 5.76 Å². The lowest BCUT2D eigenvalue weighted by Crippen LogP contribution is -2.30. The normalized spacial score (nSPS) is 17.8. The lowest BCUT2D eigenvalue weighted by atomic mass is 9.95. The summed E-state index contributed by atoms with van der Waals surface area (Å²) in [4.78, 5) is 31.8. The molecule has 4 rings (SSSR count). The molecule has 3 aromatic rings. The molecule has 1 aliphatic heterocycles. The minimum absolute atomic E-state index is 0.0246. The van der Waals surface area contributed by atoms with Crippen LogP contribution in [0.4, 0.5) is 5.69 Å². The molecule has 7 heteroatoms. The van der Waals surface area contributed by atoms with Crippen LogP contribution >= 0.6 is 15.9 Å². The third-order valence-corrected chi connectivity index (χ3v) is 5.89. The number of Topliss-reactive ketones (excluding diaryl/α,β-unsaturated/α-hetero) is 1. The summed E-state index contributed by atoms with van der Waals surface area (Å²) in [7, 11) is 1.54. The van der Waals surface area contributed by atoms with E-state index in [1.165, 1.54) is 12.0 Å². The molecule has 0 radical (unpaired) electrons. The third-order valence-electron chi connectivity index (χ3n) is 5.27. The van der Waals surface area contributed by atoms with Gasteiger partial charge in [0.25, 0.3) is 11.7 Å². The van der Waals surface area contributed by atoms with Crippen molar-refractivity contribution in [1.82, 2.24) is 4.98 Å². The average Bonchev–Trinajstić information content (AvgIpc) is 3.04. The summed E-state index contributed by atoms with van der Waals surface area (Å²) in [6.07, 6.45) is 3.19. The van der Waals surface area contributed by atoms with Crippen LogP contribution in [0.3, 0.4) is 0 Å². The summed E-state index contributed by atoms with van der Waals surface area (Å²) in [6.45, 7) is 1.87. The van der Waals surface area contributed by atoms with Gasteiger partial charge in [-0.2, -0.15) is 0 Å². The Kier molecular flexibility index (Phi) is 5.61. The van der Waals surface area contributed by atoms with E-state index in [0.717, 1.165) is 5.56 Å². The van der Waals surface area contributed by atoms with E-state index in [1.54, 1.807) is 48.8 Å². The van der Waals surface area contributed by atoms with Gasteiger partial charge in [-0.1, -0.05) is 18.2 Å². The van der Waals surface area contributed by atoms with Crippen LogP contribution in [0, 0.1) is 6.92 Å². The first-order valence-electron chi connectivity index (χ1n) is 9.54. The Hall–Kier alpha value is -3.45. The molecule has 31 heavy (non-hydrogen) atoms. The Balaban J connectivity index is 1.95. The number of hydrogen-bond acceptors (Lipinski definition) is 5. The number of nitrogens with zero attached hydrogens (tertiary/aromatic N) is 2. The van der Waals surface area contributed by atoms with E-state index in [2.05, 4.69) is 20.9 Å². The molecule has 1 amide bonds. The van der Waals surface area contributed by atoms with Gasteiger partial charge in [0.2, 0.25) is 0 Å². The summed E-state index contributed by atoms with van der Waals surface area (Å²) in [6, 6.07) is 15.0. The number of ketones is 1. The van der Waals surface area contributed by atoms with E-state index < -0.39 is 17.7 Å². The fourth-order valence-corrected chi connectivity index (χ4v) is 4.29. The highest BCUT2D eigenvalue weighted by Gasteiger charge is 2.47. The molecule has 1 N–H and O–H groups in total. The number of aliphatic hydroxyl groups is 1. The maximum Gasteiger partial charge on any atom is 0.300 e. The molecule has 2 aromatic carbocycles. The molecule has 1 fully saturated rings. The van der Waals surface area contributed by atoms with Crippen molar-refractivity contribution in [2.75, 3.05) is 12.0 Å². The molecule has 1 aromatic heterocycles. The summed E-state index contributed by atoms with van der Waals surface area (Å²) in [5, 5.41) is 11.2. The lowest BCUT2D eigenvalue weighted by Gasteiger charge is -2.26. The Bertz CT molecular complexity index is 1210. The molecule has 6 nitrogen and oxygen atoms in total. The van der Waals surface area contributed by atoms with Gasteiger partial charge in [0.05, 0.1) is 23.2 Å². The summed E-state index contributed by atoms with van der Waals surface area (Å²) < 4.78 is 5.86. The summed E-state index contributed by atoms with van der Waals surface area (Å²) in [5.41, 5.74) is 2.55. The fraction of sp³-hybridized carbons (Fsp3) is 0.125. The molecule has 156 valence electrons. The lowest BCUT2D eigenvalue weighted by molar-refractivity contribution is -0.132. The van der Waals surface area contributed by atoms with E-state index in [9.17, 15) is 14.7 Å². The number of methoxy groups -OCH3 is 1. The van der Waals surface area contributed by atoms with Crippen LogP contribution in [0.1, 0.15) is 22.7 Å². The maximum atomic E-state index is 13.1. The van der Waals surface area contributed by atoms with Crippen molar-refractivity contribution < 1.29 is 19.4 Å². The van der Waals surface area contributed by atoms with Gasteiger partial charge in [-0.05, 0) is 70.4 Å². The quantitative estimate of drug-likeness (QED) is 0.331. The fourth-order valence-electron chi connectivity index (χ4n) is 3.75. The van der Waals surface area contributed by atoms with E-state index in [4.69, 9.17) is 4.74 Å². The van der Waals surface area contributed by atoms with Crippen molar-refractivity contribution in [1.29, 1.82) is 0 Å². The summed E-state index contributed by atoms with van der Waals surface area (Å²) >= 11 is 3.40. The first-order valence-corrected chi connectivity index (χ1v) is 10.3. The largest absolute Gasteiger partial charge is 0.507 e. The standard InChI is InChI=1S/C24H19BrN2O4/c1-14-5-3-4-6-18(14)27-21(15-9-11-26-12-10-15)20(23(29)24(27)30)22(28)16-7-8-19(31-2)17(25)13-16/h3-13,21,28H,1-2H3/b22-20-. The molecule has 0 aliphatic carbocycles. The molecule has 2 heterocycles. The first kappa shape index (κ1) is 20.8. The topological polar surface area (TPSA) is 79.7 Å². The number of amides is 1. The zero-order valence-corrected chi connectivity index (χ0v) is 18.5. The van der Waals surface area contributed by atoms with Crippen molar-refractivity contribution in [3.8, 4) is 5.75 Å². The number of carbonyl (C=O) groups excluding carboxylic acids is 2. The van der Waals surface area contributed by atoms with E-state index in [1.807, 2.05) is 25.1 Å². The smallest absolute Gasteiger partial charge is 0.300 e. The second-order valence-electron chi connectivity index (χ2n) is 7.09. The zero-order chi connectivity index (χ0) is 22.1. The zero-order valence-electron chi connectivity index (χ0n) is 16.9. The molecular formula is C24H19BrN2O4. The Morgan fingerprint density at radius 2 is 1.81 bits per heavy atom. The Morgan fingerprint density at radius 1 is 1.10 bits per heavy atom. The average molecular weight is 479 g/mol. The van der Waals surface area contributed by atoms with Gasteiger partial charge in [0.1, 0.15) is 11.5 Å². The molecular weight excluding hydrogens is 460 g/mol. The van der Waals surface area contributed by atoms with Crippen LogP contribution < -0.4 is 9.64 Å². The predicted molar refractivity (Wildman–Crippen MR) is 121 cm³/mol. The van der Waals surface area contributed by atoms with Crippen molar-refractivity contribution in [3.05, 3.63) is 93.7 Å². The number of aromatic nitrogens is 1. The third kappa shape index (κ3) is 3.61.